The SMILES string of the molecule is CCSCC(=O)c1ccc2c(c1)CCO2. The summed E-state index contributed by atoms with van der Waals surface area (Å²) in [4.78, 5) is 11.7. The lowest BCUT2D eigenvalue weighted by atomic mass is 10.1. The highest BCUT2D eigenvalue weighted by atomic mass is 32.2. The first-order valence-electron chi connectivity index (χ1n) is 5.18. The molecule has 0 bridgehead atoms. The van der Waals surface area contributed by atoms with Gasteiger partial charge in [0.1, 0.15) is 5.75 Å². The van der Waals surface area contributed by atoms with Crippen molar-refractivity contribution in [3.8, 4) is 5.75 Å². The van der Waals surface area contributed by atoms with E-state index in [-0.39, 0.29) is 5.78 Å². The maximum atomic E-state index is 11.7. The summed E-state index contributed by atoms with van der Waals surface area (Å²) in [5, 5.41) is 0. The average Bonchev–Trinajstić information content (AvgIpc) is 2.72. The van der Waals surface area contributed by atoms with Crippen LogP contribution in [0.3, 0.4) is 0 Å². The van der Waals surface area contributed by atoms with Crippen LogP contribution in [0.2, 0.25) is 0 Å². The fourth-order valence-corrected chi connectivity index (χ4v) is 2.19. The van der Waals surface area contributed by atoms with Gasteiger partial charge < -0.3 is 4.74 Å². The number of carbonyl (C=O) groups excluding carboxylic acids is 1. The molecule has 80 valence electrons. The molecular weight excluding hydrogens is 208 g/mol. The first-order valence-corrected chi connectivity index (χ1v) is 6.33. The van der Waals surface area contributed by atoms with E-state index in [0.717, 1.165) is 30.1 Å². The Labute approximate surface area is 94.0 Å². The Bertz CT molecular complexity index is 374. The molecule has 3 heteroatoms. The predicted molar refractivity (Wildman–Crippen MR) is 63.0 cm³/mol. The van der Waals surface area contributed by atoms with Gasteiger partial charge in [-0.3, -0.25) is 4.79 Å². The lowest BCUT2D eigenvalue weighted by Gasteiger charge is -2.02. The maximum Gasteiger partial charge on any atom is 0.172 e. The normalized spacial score (nSPS) is 13.4. The summed E-state index contributed by atoms with van der Waals surface area (Å²) in [5.41, 5.74) is 1.99. The van der Waals surface area contributed by atoms with Crippen LogP contribution >= 0.6 is 11.8 Å². The maximum absolute atomic E-state index is 11.7. The smallest absolute Gasteiger partial charge is 0.172 e. The molecule has 1 heterocycles. The van der Waals surface area contributed by atoms with Crippen LogP contribution < -0.4 is 4.74 Å². The van der Waals surface area contributed by atoms with E-state index in [0.29, 0.717) is 5.75 Å². The van der Waals surface area contributed by atoms with Crippen LogP contribution in [-0.4, -0.2) is 23.9 Å². The predicted octanol–water partition coefficient (Wildman–Crippen LogP) is 2.56. The molecule has 0 atom stereocenters. The highest BCUT2D eigenvalue weighted by Crippen LogP contribution is 2.26. The summed E-state index contributed by atoms with van der Waals surface area (Å²) in [6, 6.07) is 5.75. The van der Waals surface area contributed by atoms with Crippen LogP contribution in [0.1, 0.15) is 22.8 Å². The number of thioether (sulfide) groups is 1. The first kappa shape index (κ1) is 10.6. The number of ether oxygens (including phenoxy) is 1. The number of hydrogen-bond acceptors (Lipinski definition) is 3. The van der Waals surface area contributed by atoms with Crippen LogP contribution in [0.25, 0.3) is 0 Å². The zero-order valence-corrected chi connectivity index (χ0v) is 9.60. The third-order valence-electron chi connectivity index (χ3n) is 2.45. The van der Waals surface area contributed by atoms with Gasteiger partial charge in [-0.25, -0.2) is 0 Å². The van der Waals surface area contributed by atoms with Crippen molar-refractivity contribution in [2.24, 2.45) is 0 Å². The molecule has 1 aromatic carbocycles. The van der Waals surface area contributed by atoms with E-state index < -0.39 is 0 Å². The van der Waals surface area contributed by atoms with Gasteiger partial charge >= 0.3 is 0 Å². The fourth-order valence-electron chi connectivity index (χ4n) is 1.64. The number of fused-ring (bicyclic) bond motifs is 1. The van der Waals surface area contributed by atoms with E-state index in [1.54, 1.807) is 11.8 Å². The zero-order valence-electron chi connectivity index (χ0n) is 8.79. The number of hydrogen-bond donors (Lipinski definition) is 0. The third-order valence-corrected chi connectivity index (χ3v) is 3.32. The number of Topliss-reactive ketones (excluding diaryl/α,β-unsaturated/α-hetero) is 1. The van der Waals surface area contributed by atoms with Gasteiger partial charge in [0.15, 0.2) is 5.78 Å². The molecule has 0 fully saturated rings. The molecule has 0 spiro atoms. The second kappa shape index (κ2) is 4.71. The van der Waals surface area contributed by atoms with Gasteiger partial charge in [0.25, 0.3) is 0 Å². The second-order valence-electron chi connectivity index (χ2n) is 3.48. The number of ketones is 1. The monoisotopic (exact) mass is 222 g/mol. The Hall–Kier alpha value is -0.960. The molecule has 0 unspecified atom stereocenters. The van der Waals surface area contributed by atoms with Crippen LogP contribution in [0.15, 0.2) is 18.2 Å². The van der Waals surface area contributed by atoms with Crippen molar-refractivity contribution >= 4 is 17.5 Å². The van der Waals surface area contributed by atoms with E-state index in [1.807, 2.05) is 18.2 Å². The number of rotatable bonds is 4. The highest BCUT2D eigenvalue weighted by molar-refractivity contribution is 7.99. The van der Waals surface area contributed by atoms with Gasteiger partial charge in [-0.2, -0.15) is 11.8 Å². The van der Waals surface area contributed by atoms with E-state index in [1.165, 1.54) is 5.56 Å². The Morgan fingerprint density at radius 1 is 1.53 bits per heavy atom. The Balaban J connectivity index is 2.12. The lowest BCUT2D eigenvalue weighted by Crippen LogP contribution is -2.02. The average molecular weight is 222 g/mol. The molecule has 0 aromatic heterocycles. The van der Waals surface area contributed by atoms with Crippen molar-refractivity contribution in [1.29, 1.82) is 0 Å². The fraction of sp³-hybridized carbons (Fsp3) is 0.417. The molecule has 2 nitrogen and oxygen atoms in total. The van der Waals surface area contributed by atoms with E-state index in [9.17, 15) is 4.79 Å². The standard InChI is InChI=1S/C12H14O2S/c1-2-15-8-11(13)9-3-4-12-10(7-9)5-6-14-12/h3-4,7H,2,5-6,8H2,1H3. The molecule has 0 saturated carbocycles. The summed E-state index contributed by atoms with van der Waals surface area (Å²) in [6.45, 7) is 2.81. The van der Waals surface area contributed by atoms with Gasteiger partial charge in [-0.15, -0.1) is 0 Å². The molecule has 0 radical (unpaired) electrons. The summed E-state index contributed by atoms with van der Waals surface area (Å²) in [5.74, 6) is 2.72. The van der Waals surface area contributed by atoms with Crippen LogP contribution in [0.5, 0.6) is 5.75 Å². The largest absolute Gasteiger partial charge is 0.493 e. The van der Waals surface area contributed by atoms with E-state index in [4.69, 9.17) is 4.74 Å². The summed E-state index contributed by atoms with van der Waals surface area (Å²) < 4.78 is 5.40. The minimum Gasteiger partial charge on any atom is -0.493 e. The molecular formula is C12H14O2S. The molecule has 0 N–H and O–H groups in total. The Morgan fingerprint density at radius 2 is 2.40 bits per heavy atom. The zero-order chi connectivity index (χ0) is 10.7. The molecule has 0 aliphatic carbocycles. The molecule has 1 aliphatic heterocycles. The van der Waals surface area contributed by atoms with E-state index >= 15 is 0 Å². The van der Waals surface area contributed by atoms with Gasteiger partial charge in [0.2, 0.25) is 0 Å². The van der Waals surface area contributed by atoms with Gasteiger partial charge in [-0.1, -0.05) is 6.92 Å². The third kappa shape index (κ3) is 2.34. The van der Waals surface area contributed by atoms with Crippen molar-refractivity contribution in [2.75, 3.05) is 18.1 Å². The minimum absolute atomic E-state index is 0.219. The first-order chi connectivity index (χ1) is 7.31. The Morgan fingerprint density at radius 3 is 3.20 bits per heavy atom. The van der Waals surface area contributed by atoms with Crippen molar-refractivity contribution < 1.29 is 9.53 Å². The highest BCUT2D eigenvalue weighted by Gasteiger charge is 2.14. The molecule has 0 saturated heterocycles. The Kier molecular flexibility index (Phi) is 3.31. The van der Waals surface area contributed by atoms with Crippen molar-refractivity contribution in [3.05, 3.63) is 29.3 Å². The molecule has 0 amide bonds. The van der Waals surface area contributed by atoms with Gasteiger partial charge in [-0.05, 0) is 29.5 Å². The van der Waals surface area contributed by atoms with Crippen LogP contribution in [0, 0.1) is 0 Å². The molecule has 1 aromatic rings. The summed E-state index contributed by atoms with van der Waals surface area (Å²) in [6.07, 6.45) is 0.928. The second-order valence-corrected chi connectivity index (χ2v) is 4.76. The summed E-state index contributed by atoms with van der Waals surface area (Å²) >= 11 is 1.66. The van der Waals surface area contributed by atoms with E-state index in [2.05, 4.69) is 6.92 Å². The van der Waals surface area contributed by atoms with Gasteiger partial charge in [0, 0.05) is 12.0 Å². The topological polar surface area (TPSA) is 26.3 Å². The lowest BCUT2D eigenvalue weighted by molar-refractivity contribution is 0.102. The van der Waals surface area contributed by atoms with Gasteiger partial charge in [0.05, 0.1) is 12.4 Å². The van der Waals surface area contributed by atoms with Crippen molar-refractivity contribution in [1.82, 2.24) is 0 Å². The van der Waals surface area contributed by atoms with Crippen molar-refractivity contribution in [2.45, 2.75) is 13.3 Å². The van der Waals surface area contributed by atoms with Crippen molar-refractivity contribution in [3.63, 3.8) is 0 Å². The molecule has 2 rings (SSSR count). The minimum atomic E-state index is 0.219. The molecule has 15 heavy (non-hydrogen) atoms. The quantitative estimate of drug-likeness (QED) is 0.732. The van der Waals surface area contributed by atoms with Crippen LogP contribution in [-0.2, 0) is 6.42 Å². The number of benzene rings is 1. The number of carbonyl (C=O) groups is 1. The van der Waals surface area contributed by atoms with Crippen LogP contribution in [0.4, 0.5) is 0 Å². The summed E-state index contributed by atoms with van der Waals surface area (Å²) in [7, 11) is 0. The molecule has 1 aliphatic rings.